The number of nitro benzene ring substituents is 1. The monoisotopic (exact) mass is 291 g/mol. The van der Waals surface area contributed by atoms with E-state index < -0.39 is 4.92 Å². The fraction of sp³-hybridized carbons (Fsp3) is 0. The third-order valence-corrected chi connectivity index (χ3v) is 4.21. The van der Waals surface area contributed by atoms with Crippen molar-refractivity contribution in [2.75, 3.05) is 0 Å². The predicted molar refractivity (Wildman–Crippen MR) is 74.5 cm³/mol. The lowest BCUT2D eigenvalue weighted by atomic mass is 10.2. The molecule has 5 nitrogen and oxygen atoms in total. The van der Waals surface area contributed by atoms with Crippen LogP contribution in [0.25, 0.3) is 20.7 Å². The van der Waals surface area contributed by atoms with Gasteiger partial charge in [-0.1, -0.05) is 11.6 Å². The number of fused-ring (bicyclic) bond motifs is 1. The highest BCUT2D eigenvalue weighted by Gasteiger charge is 2.10. The van der Waals surface area contributed by atoms with Gasteiger partial charge in [-0.2, -0.15) is 0 Å². The van der Waals surface area contributed by atoms with Crippen LogP contribution in [0.5, 0.6) is 0 Å². The Hall–Kier alpha value is -2.05. The van der Waals surface area contributed by atoms with E-state index in [1.165, 1.54) is 29.8 Å². The molecule has 2 heterocycles. The van der Waals surface area contributed by atoms with Crippen LogP contribution < -0.4 is 0 Å². The van der Waals surface area contributed by atoms with Crippen molar-refractivity contribution in [3.8, 4) is 10.4 Å². The summed E-state index contributed by atoms with van der Waals surface area (Å²) in [5, 5.41) is 11.0. The van der Waals surface area contributed by atoms with Gasteiger partial charge in [-0.15, -0.1) is 11.3 Å². The summed E-state index contributed by atoms with van der Waals surface area (Å²) in [5.74, 6) is 0. The summed E-state index contributed by atoms with van der Waals surface area (Å²) in [5.41, 5.74) is 1.74. The first kappa shape index (κ1) is 12.0. The molecule has 3 rings (SSSR count). The van der Waals surface area contributed by atoms with Gasteiger partial charge in [0.25, 0.3) is 5.69 Å². The van der Waals surface area contributed by atoms with Gasteiger partial charge in [-0.3, -0.25) is 10.1 Å². The molecule has 0 saturated carbocycles. The lowest BCUT2D eigenvalue weighted by Gasteiger charge is -1.96. The first-order valence-corrected chi connectivity index (χ1v) is 6.49. The van der Waals surface area contributed by atoms with Crippen LogP contribution in [0.2, 0.25) is 5.15 Å². The average Bonchev–Trinajstić information content (AvgIpc) is 2.84. The van der Waals surface area contributed by atoms with E-state index in [2.05, 4.69) is 9.97 Å². The van der Waals surface area contributed by atoms with Crippen molar-refractivity contribution in [1.82, 2.24) is 9.97 Å². The number of hydrogen-bond acceptors (Lipinski definition) is 5. The van der Waals surface area contributed by atoms with Crippen molar-refractivity contribution in [1.29, 1.82) is 0 Å². The van der Waals surface area contributed by atoms with Crippen LogP contribution in [-0.2, 0) is 0 Å². The maximum atomic E-state index is 10.6. The number of benzene rings is 1. The highest BCUT2D eigenvalue weighted by molar-refractivity contribution is 7.22. The van der Waals surface area contributed by atoms with Crippen molar-refractivity contribution in [3.63, 3.8) is 0 Å². The van der Waals surface area contributed by atoms with Crippen LogP contribution in [0, 0.1) is 10.1 Å². The fourth-order valence-electron chi connectivity index (χ4n) is 1.72. The maximum Gasteiger partial charge on any atom is 0.269 e. The second-order valence-electron chi connectivity index (χ2n) is 3.79. The summed E-state index contributed by atoms with van der Waals surface area (Å²) in [7, 11) is 0. The highest BCUT2D eigenvalue weighted by Crippen LogP contribution is 2.35. The topological polar surface area (TPSA) is 68.9 Å². The maximum absolute atomic E-state index is 10.6. The number of thiophene rings is 1. The average molecular weight is 292 g/mol. The summed E-state index contributed by atoms with van der Waals surface area (Å²) < 4.78 is 0.817. The van der Waals surface area contributed by atoms with Gasteiger partial charge in [0, 0.05) is 17.0 Å². The summed E-state index contributed by atoms with van der Waals surface area (Å²) in [6.45, 7) is 0. The Morgan fingerprint density at radius 1 is 1.21 bits per heavy atom. The third kappa shape index (κ3) is 2.16. The Labute approximate surface area is 116 Å². The number of hydrogen-bond donors (Lipinski definition) is 0. The molecular formula is C12H6ClN3O2S. The van der Waals surface area contributed by atoms with Crippen LogP contribution >= 0.6 is 22.9 Å². The SMILES string of the molecule is O=[N+]([O-])c1ccc(-c2cc3ncnc(Cl)c3s2)cc1. The third-order valence-electron chi connectivity index (χ3n) is 2.63. The van der Waals surface area contributed by atoms with Gasteiger partial charge in [0.15, 0.2) is 0 Å². The van der Waals surface area contributed by atoms with E-state index in [0.29, 0.717) is 5.15 Å². The largest absolute Gasteiger partial charge is 0.269 e. The molecular weight excluding hydrogens is 286 g/mol. The van der Waals surface area contributed by atoms with Crippen molar-refractivity contribution in [3.05, 3.63) is 51.9 Å². The number of non-ortho nitro benzene ring substituents is 1. The quantitative estimate of drug-likeness (QED) is 0.408. The van der Waals surface area contributed by atoms with E-state index in [1.54, 1.807) is 12.1 Å². The van der Waals surface area contributed by atoms with Gasteiger partial charge < -0.3 is 0 Å². The summed E-state index contributed by atoms with van der Waals surface area (Å²) >= 11 is 7.46. The predicted octanol–water partition coefficient (Wildman–Crippen LogP) is 3.92. The molecule has 0 aliphatic heterocycles. The molecule has 2 aromatic heterocycles. The van der Waals surface area contributed by atoms with Crippen LogP contribution in [0.4, 0.5) is 5.69 Å². The molecule has 0 amide bonds. The van der Waals surface area contributed by atoms with Gasteiger partial charge in [0.05, 0.1) is 15.1 Å². The molecule has 0 unspecified atom stereocenters. The minimum atomic E-state index is -0.420. The Bertz CT molecular complexity index is 770. The van der Waals surface area contributed by atoms with Crippen LogP contribution in [-0.4, -0.2) is 14.9 Å². The van der Waals surface area contributed by atoms with Crippen molar-refractivity contribution < 1.29 is 4.92 Å². The standard InChI is InChI=1S/C12H6ClN3O2S/c13-12-11-9(14-6-15-12)5-10(19-11)7-1-3-8(4-2-7)16(17)18/h1-6H. The lowest BCUT2D eigenvalue weighted by molar-refractivity contribution is -0.384. The molecule has 0 spiro atoms. The molecule has 3 aromatic rings. The van der Waals surface area contributed by atoms with Crippen molar-refractivity contribution in [2.45, 2.75) is 0 Å². The zero-order chi connectivity index (χ0) is 13.4. The molecule has 0 fully saturated rings. The van der Waals surface area contributed by atoms with E-state index in [1.807, 2.05) is 6.07 Å². The molecule has 0 aliphatic rings. The second kappa shape index (κ2) is 4.56. The highest BCUT2D eigenvalue weighted by atomic mass is 35.5. The number of halogens is 1. The molecule has 19 heavy (non-hydrogen) atoms. The minimum Gasteiger partial charge on any atom is -0.258 e. The lowest BCUT2D eigenvalue weighted by Crippen LogP contribution is -1.86. The smallest absolute Gasteiger partial charge is 0.258 e. The molecule has 1 aromatic carbocycles. The van der Waals surface area contributed by atoms with Gasteiger partial charge >= 0.3 is 0 Å². The Kier molecular flexibility index (Phi) is 2.88. The fourth-order valence-corrected chi connectivity index (χ4v) is 2.97. The molecule has 7 heteroatoms. The van der Waals surface area contributed by atoms with Gasteiger partial charge in [-0.05, 0) is 23.8 Å². The molecule has 0 saturated heterocycles. The van der Waals surface area contributed by atoms with Gasteiger partial charge in [0.1, 0.15) is 11.5 Å². The molecule has 0 atom stereocenters. The molecule has 0 bridgehead atoms. The number of aromatic nitrogens is 2. The molecule has 0 N–H and O–H groups in total. The Balaban J connectivity index is 2.09. The Morgan fingerprint density at radius 2 is 1.95 bits per heavy atom. The van der Waals surface area contributed by atoms with Gasteiger partial charge in [-0.25, -0.2) is 9.97 Å². The molecule has 0 aliphatic carbocycles. The number of nitrogens with zero attached hydrogens (tertiary/aromatic N) is 3. The van der Waals surface area contributed by atoms with E-state index in [-0.39, 0.29) is 5.69 Å². The summed E-state index contributed by atoms with van der Waals surface area (Å²) in [6.07, 6.45) is 1.41. The van der Waals surface area contributed by atoms with Crippen LogP contribution in [0.15, 0.2) is 36.7 Å². The zero-order valence-corrected chi connectivity index (χ0v) is 11.0. The number of rotatable bonds is 2. The van der Waals surface area contributed by atoms with Crippen molar-refractivity contribution in [2.24, 2.45) is 0 Å². The van der Waals surface area contributed by atoms with Crippen molar-refractivity contribution >= 4 is 38.8 Å². The van der Waals surface area contributed by atoms with E-state index in [0.717, 1.165) is 20.7 Å². The second-order valence-corrected chi connectivity index (χ2v) is 5.20. The summed E-state index contributed by atoms with van der Waals surface area (Å²) in [6, 6.07) is 8.28. The normalized spacial score (nSPS) is 10.8. The van der Waals surface area contributed by atoms with Crippen LogP contribution in [0.1, 0.15) is 0 Å². The zero-order valence-electron chi connectivity index (χ0n) is 9.41. The molecule has 94 valence electrons. The minimum absolute atomic E-state index is 0.0719. The first-order valence-electron chi connectivity index (χ1n) is 5.30. The first-order chi connectivity index (χ1) is 9.15. The van der Waals surface area contributed by atoms with E-state index in [4.69, 9.17) is 11.6 Å². The Morgan fingerprint density at radius 3 is 2.58 bits per heavy atom. The van der Waals surface area contributed by atoms with E-state index in [9.17, 15) is 10.1 Å². The number of nitro groups is 1. The van der Waals surface area contributed by atoms with Gasteiger partial charge in [0.2, 0.25) is 0 Å². The van der Waals surface area contributed by atoms with E-state index >= 15 is 0 Å². The summed E-state index contributed by atoms with van der Waals surface area (Å²) in [4.78, 5) is 19.2. The molecule has 0 radical (unpaired) electrons. The van der Waals surface area contributed by atoms with Crippen LogP contribution in [0.3, 0.4) is 0 Å².